The van der Waals surface area contributed by atoms with E-state index in [1.807, 2.05) is 54.0 Å². The third kappa shape index (κ3) is 4.69. The van der Waals surface area contributed by atoms with Crippen molar-refractivity contribution in [1.29, 1.82) is 0 Å². The van der Waals surface area contributed by atoms with Gasteiger partial charge in [0.2, 0.25) is 5.95 Å². The van der Waals surface area contributed by atoms with Crippen molar-refractivity contribution < 1.29 is 9.84 Å². The molecule has 1 aliphatic heterocycles. The van der Waals surface area contributed by atoms with E-state index in [0.29, 0.717) is 5.95 Å². The number of methoxy groups -OCH3 is 1. The number of nitrogens with zero attached hydrogens (tertiary/aromatic N) is 5. The van der Waals surface area contributed by atoms with E-state index in [0.717, 1.165) is 60.9 Å². The lowest BCUT2D eigenvalue weighted by Gasteiger charge is -2.36. The zero-order chi connectivity index (χ0) is 23.5. The first-order chi connectivity index (χ1) is 16.6. The van der Waals surface area contributed by atoms with Gasteiger partial charge in [0.05, 0.1) is 30.6 Å². The Morgan fingerprint density at radius 2 is 1.76 bits per heavy atom. The van der Waals surface area contributed by atoms with Crippen molar-refractivity contribution in [1.82, 2.24) is 19.5 Å². The SMILES string of the molecule is COc1ccccc1-c1ccc2cnc(Nc3ccc(N4CCN(CC(C)O)CC4)cc3)nn12. The average molecular weight is 459 g/mol. The van der Waals surface area contributed by atoms with E-state index in [4.69, 9.17) is 9.84 Å². The summed E-state index contributed by atoms with van der Waals surface area (Å²) in [6, 6.07) is 20.3. The minimum Gasteiger partial charge on any atom is -0.496 e. The molecular weight excluding hydrogens is 428 g/mol. The number of aromatic nitrogens is 3. The number of para-hydroxylation sites is 1. The van der Waals surface area contributed by atoms with Crippen LogP contribution in [0.25, 0.3) is 16.8 Å². The lowest BCUT2D eigenvalue weighted by molar-refractivity contribution is 0.123. The first kappa shape index (κ1) is 22.2. The van der Waals surface area contributed by atoms with Crippen LogP contribution < -0.4 is 15.0 Å². The van der Waals surface area contributed by atoms with Crippen molar-refractivity contribution >= 4 is 22.8 Å². The maximum atomic E-state index is 9.60. The van der Waals surface area contributed by atoms with Crippen molar-refractivity contribution in [2.45, 2.75) is 13.0 Å². The van der Waals surface area contributed by atoms with Gasteiger partial charge in [0, 0.05) is 49.7 Å². The molecule has 4 aromatic rings. The van der Waals surface area contributed by atoms with Crippen molar-refractivity contribution in [3.05, 3.63) is 66.9 Å². The van der Waals surface area contributed by atoms with Crippen LogP contribution in [-0.4, -0.2) is 70.5 Å². The van der Waals surface area contributed by atoms with Gasteiger partial charge in [-0.05, 0) is 55.5 Å². The zero-order valence-electron chi connectivity index (χ0n) is 19.6. The summed E-state index contributed by atoms with van der Waals surface area (Å²) in [5.41, 5.74) is 4.97. The Morgan fingerprint density at radius 3 is 2.50 bits per heavy atom. The van der Waals surface area contributed by atoms with Crippen LogP contribution in [0.2, 0.25) is 0 Å². The van der Waals surface area contributed by atoms with E-state index in [-0.39, 0.29) is 6.10 Å². The smallest absolute Gasteiger partial charge is 0.245 e. The second-order valence-electron chi connectivity index (χ2n) is 8.65. The maximum absolute atomic E-state index is 9.60. The minimum absolute atomic E-state index is 0.282. The number of rotatable bonds is 7. The number of fused-ring (bicyclic) bond motifs is 1. The lowest BCUT2D eigenvalue weighted by Crippen LogP contribution is -2.48. The Morgan fingerprint density at radius 1 is 1.00 bits per heavy atom. The predicted octanol–water partition coefficient (Wildman–Crippen LogP) is 3.65. The quantitative estimate of drug-likeness (QED) is 0.438. The van der Waals surface area contributed by atoms with Gasteiger partial charge < -0.3 is 20.1 Å². The van der Waals surface area contributed by atoms with Gasteiger partial charge >= 0.3 is 0 Å². The van der Waals surface area contributed by atoms with Gasteiger partial charge in [-0.2, -0.15) is 0 Å². The molecular formula is C26H30N6O2. The molecule has 0 bridgehead atoms. The molecule has 8 nitrogen and oxygen atoms in total. The van der Waals surface area contributed by atoms with Crippen molar-refractivity contribution in [2.75, 3.05) is 50.1 Å². The van der Waals surface area contributed by atoms with Gasteiger partial charge in [0.1, 0.15) is 5.75 Å². The Kier molecular flexibility index (Phi) is 6.33. The van der Waals surface area contributed by atoms with Gasteiger partial charge in [-0.25, -0.2) is 9.50 Å². The number of anilines is 3. The van der Waals surface area contributed by atoms with Crippen LogP contribution >= 0.6 is 0 Å². The molecule has 1 atom stereocenters. The molecule has 1 saturated heterocycles. The third-order valence-corrected chi connectivity index (χ3v) is 6.16. The summed E-state index contributed by atoms with van der Waals surface area (Å²) in [5, 5.41) is 17.7. The van der Waals surface area contributed by atoms with Crippen LogP contribution in [0.5, 0.6) is 5.75 Å². The molecule has 34 heavy (non-hydrogen) atoms. The molecule has 0 saturated carbocycles. The van der Waals surface area contributed by atoms with Crippen LogP contribution in [0.1, 0.15) is 6.92 Å². The number of nitrogens with one attached hydrogen (secondary N) is 1. The Balaban J connectivity index is 1.30. The molecule has 2 aromatic carbocycles. The van der Waals surface area contributed by atoms with Crippen molar-refractivity contribution in [3.63, 3.8) is 0 Å². The number of aliphatic hydroxyl groups excluding tert-OH is 1. The van der Waals surface area contributed by atoms with Gasteiger partial charge in [-0.3, -0.25) is 4.90 Å². The molecule has 2 aromatic heterocycles. The summed E-state index contributed by atoms with van der Waals surface area (Å²) in [6.45, 7) is 6.42. The normalized spacial score (nSPS) is 15.4. The highest BCUT2D eigenvalue weighted by atomic mass is 16.5. The highest BCUT2D eigenvalue weighted by molar-refractivity contribution is 5.72. The summed E-state index contributed by atoms with van der Waals surface area (Å²) in [7, 11) is 1.68. The number of benzene rings is 2. The lowest BCUT2D eigenvalue weighted by atomic mass is 10.1. The van der Waals surface area contributed by atoms with E-state index in [1.165, 1.54) is 5.69 Å². The summed E-state index contributed by atoms with van der Waals surface area (Å²) in [5.74, 6) is 1.33. The molecule has 0 amide bonds. The van der Waals surface area contributed by atoms with E-state index in [1.54, 1.807) is 7.11 Å². The molecule has 0 aliphatic carbocycles. The fraction of sp³-hybridized carbons (Fsp3) is 0.308. The zero-order valence-corrected chi connectivity index (χ0v) is 19.6. The first-order valence-corrected chi connectivity index (χ1v) is 11.6. The van der Waals surface area contributed by atoms with Crippen LogP contribution in [0.3, 0.4) is 0 Å². The molecule has 176 valence electrons. The Bertz CT molecular complexity index is 1250. The monoisotopic (exact) mass is 458 g/mol. The summed E-state index contributed by atoms with van der Waals surface area (Å²) in [4.78, 5) is 9.18. The van der Waals surface area contributed by atoms with Gasteiger partial charge in [-0.15, -0.1) is 5.10 Å². The fourth-order valence-electron chi connectivity index (χ4n) is 4.47. The Labute approximate surface area is 199 Å². The second kappa shape index (κ2) is 9.70. The molecule has 2 N–H and O–H groups in total. The summed E-state index contributed by atoms with van der Waals surface area (Å²) < 4.78 is 7.42. The number of hydrogen-bond acceptors (Lipinski definition) is 7. The molecule has 1 aliphatic rings. The fourth-order valence-corrected chi connectivity index (χ4v) is 4.47. The highest BCUT2D eigenvalue weighted by Crippen LogP contribution is 2.31. The molecule has 5 rings (SSSR count). The highest BCUT2D eigenvalue weighted by Gasteiger charge is 2.18. The molecule has 0 radical (unpaired) electrons. The number of hydrogen-bond donors (Lipinski definition) is 2. The topological polar surface area (TPSA) is 78.2 Å². The van der Waals surface area contributed by atoms with Crippen LogP contribution in [0.4, 0.5) is 17.3 Å². The molecule has 1 fully saturated rings. The third-order valence-electron chi connectivity index (χ3n) is 6.16. The first-order valence-electron chi connectivity index (χ1n) is 11.6. The standard InChI is InChI=1S/C26H30N6O2/c1-19(33)18-30-13-15-31(16-14-30)21-9-7-20(8-10-21)28-26-27-17-22-11-12-24(32(22)29-26)23-5-3-4-6-25(23)34-2/h3-12,17,19,33H,13-16,18H2,1-2H3,(H,28,29). The number of piperazine rings is 1. The summed E-state index contributed by atoms with van der Waals surface area (Å²) in [6.07, 6.45) is 1.53. The maximum Gasteiger partial charge on any atom is 0.245 e. The average Bonchev–Trinajstić information content (AvgIpc) is 3.28. The molecule has 0 spiro atoms. The Hall–Kier alpha value is -3.62. The minimum atomic E-state index is -0.282. The van der Waals surface area contributed by atoms with E-state index in [2.05, 4.69) is 44.4 Å². The van der Waals surface area contributed by atoms with E-state index in [9.17, 15) is 5.11 Å². The largest absolute Gasteiger partial charge is 0.496 e. The van der Waals surface area contributed by atoms with Crippen LogP contribution in [0.15, 0.2) is 66.9 Å². The van der Waals surface area contributed by atoms with Crippen LogP contribution in [-0.2, 0) is 0 Å². The molecule has 3 heterocycles. The molecule has 1 unspecified atom stereocenters. The number of aliphatic hydroxyl groups is 1. The predicted molar refractivity (Wildman–Crippen MR) is 135 cm³/mol. The number of ether oxygens (including phenoxy) is 1. The van der Waals surface area contributed by atoms with Gasteiger partial charge in [-0.1, -0.05) is 12.1 Å². The van der Waals surface area contributed by atoms with Gasteiger partial charge in [0.15, 0.2) is 0 Å². The van der Waals surface area contributed by atoms with Gasteiger partial charge in [0.25, 0.3) is 0 Å². The number of β-amino-alcohol motifs (C(OH)–C–C–N with tert-alkyl or cyclic N) is 1. The second-order valence-corrected chi connectivity index (χ2v) is 8.65. The summed E-state index contributed by atoms with van der Waals surface area (Å²) >= 11 is 0. The van der Waals surface area contributed by atoms with Crippen molar-refractivity contribution in [3.8, 4) is 17.0 Å². The van der Waals surface area contributed by atoms with E-state index >= 15 is 0 Å². The van der Waals surface area contributed by atoms with E-state index < -0.39 is 0 Å². The van der Waals surface area contributed by atoms with Crippen LogP contribution in [0, 0.1) is 0 Å². The molecule has 8 heteroatoms. The van der Waals surface area contributed by atoms with Crippen molar-refractivity contribution in [2.24, 2.45) is 0 Å².